The topological polar surface area (TPSA) is 50.4 Å². The van der Waals surface area contributed by atoms with Gasteiger partial charge in [-0.05, 0) is 36.9 Å². The molecule has 0 radical (unpaired) electrons. The van der Waals surface area contributed by atoms with Gasteiger partial charge >= 0.3 is 0 Å². The van der Waals surface area contributed by atoms with Gasteiger partial charge in [0, 0.05) is 24.2 Å². The molecule has 1 unspecified atom stereocenters. The molecule has 24 heavy (non-hydrogen) atoms. The summed E-state index contributed by atoms with van der Waals surface area (Å²) in [6.07, 6.45) is 0. The SMILES string of the molecule is CNCC(C)C(=O)Nc1cccc(OCc2cccc(F)c2)c1.Cl. The molecule has 1 amide bonds. The van der Waals surface area contributed by atoms with Crippen LogP contribution in [0.1, 0.15) is 12.5 Å². The van der Waals surface area contributed by atoms with Crippen molar-refractivity contribution in [2.75, 3.05) is 18.9 Å². The maximum Gasteiger partial charge on any atom is 0.228 e. The van der Waals surface area contributed by atoms with E-state index in [1.165, 1.54) is 12.1 Å². The number of hydrogen-bond acceptors (Lipinski definition) is 3. The monoisotopic (exact) mass is 352 g/mol. The van der Waals surface area contributed by atoms with E-state index < -0.39 is 0 Å². The first-order chi connectivity index (χ1) is 11.1. The first-order valence-electron chi connectivity index (χ1n) is 7.51. The molecular formula is C18H22ClFN2O2. The summed E-state index contributed by atoms with van der Waals surface area (Å²) in [7, 11) is 1.81. The lowest BCUT2D eigenvalue weighted by Gasteiger charge is -2.13. The van der Waals surface area contributed by atoms with Crippen LogP contribution in [-0.4, -0.2) is 19.5 Å². The van der Waals surface area contributed by atoms with E-state index in [0.717, 1.165) is 5.56 Å². The molecule has 2 aromatic carbocycles. The van der Waals surface area contributed by atoms with E-state index in [-0.39, 0.29) is 36.7 Å². The molecule has 0 aliphatic carbocycles. The standard InChI is InChI=1S/C18H21FN2O2.ClH/c1-13(11-20-2)18(22)21-16-7-4-8-17(10-16)23-12-14-5-3-6-15(19)9-14;/h3-10,13,20H,11-12H2,1-2H3,(H,21,22);1H. The number of hydrogen-bond donors (Lipinski definition) is 2. The number of benzene rings is 2. The maximum atomic E-state index is 13.1. The number of ether oxygens (including phenoxy) is 1. The lowest BCUT2D eigenvalue weighted by atomic mass is 10.1. The van der Waals surface area contributed by atoms with Crippen LogP contribution in [0, 0.1) is 11.7 Å². The third-order valence-electron chi connectivity index (χ3n) is 3.35. The van der Waals surface area contributed by atoms with Gasteiger partial charge in [0.2, 0.25) is 5.91 Å². The van der Waals surface area contributed by atoms with Gasteiger partial charge in [0.15, 0.2) is 0 Å². The van der Waals surface area contributed by atoms with E-state index in [4.69, 9.17) is 4.74 Å². The quantitative estimate of drug-likeness (QED) is 0.800. The summed E-state index contributed by atoms with van der Waals surface area (Å²) < 4.78 is 18.8. The zero-order valence-electron chi connectivity index (χ0n) is 13.7. The highest BCUT2D eigenvalue weighted by molar-refractivity contribution is 5.92. The molecule has 2 N–H and O–H groups in total. The fourth-order valence-electron chi connectivity index (χ4n) is 2.12. The molecule has 0 saturated carbocycles. The molecule has 0 spiro atoms. The zero-order valence-corrected chi connectivity index (χ0v) is 14.5. The Kier molecular flexibility index (Phi) is 8.22. The van der Waals surface area contributed by atoms with E-state index in [9.17, 15) is 9.18 Å². The van der Waals surface area contributed by atoms with Gasteiger partial charge in [-0.15, -0.1) is 12.4 Å². The highest BCUT2D eigenvalue weighted by Crippen LogP contribution is 2.19. The van der Waals surface area contributed by atoms with Gasteiger partial charge in [-0.25, -0.2) is 4.39 Å². The summed E-state index contributed by atoms with van der Waals surface area (Å²) in [5, 5.41) is 5.83. The molecule has 2 aromatic rings. The van der Waals surface area contributed by atoms with Gasteiger partial charge in [-0.2, -0.15) is 0 Å². The van der Waals surface area contributed by atoms with E-state index in [1.807, 2.05) is 14.0 Å². The highest BCUT2D eigenvalue weighted by Gasteiger charge is 2.12. The van der Waals surface area contributed by atoms with Crippen molar-refractivity contribution >= 4 is 24.0 Å². The van der Waals surface area contributed by atoms with E-state index in [2.05, 4.69) is 10.6 Å². The fourth-order valence-corrected chi connectivity index (χ4v) is 2.12. The number of nitrogens with one attached hydrogen (secondary N) is 2. The number of carbonyl (C=O) groups excluding carboxylic acids is 1. The van der Waals surface area contributed by atoms with Gasteiger partial charge in [-0.3, -0.25) is 4.79 Å². The normalized spacial score (nSPS) is 11.3. The Hall–Kier alpha value is -2.11. The minimum atomic E-state index is -0.286. The van der Waals surface area contributed by atoms with Gasteiger partial charge < -0.3 is 15.4 Å². The summed E-state index contributed by atoms with van der Waals surface area (Å²) in [5.41, 5.74) is 1.43. The van der Waals surface area contributed by atoms with Crippen LogP contribution < -0.4 is 15.4 Å². The smallest absolute Gasteiger partial charge is 0.228 e. The van der Waals surface area contributed by atoms with Crippen LogP contribution in [0.25, 0.3) is 0 Å². The molecule has 0 aliphatic rings. The molecule has 6 heteroatoms. The van der Waals surface area contributed by atoms with E-state index in [1.54, 1.807) is 36.4 Å². The predicted molar refractivity (Wildman–Crippen MR) is 96.1 cm³/mol. The number of rotatable bonds is 7. The minimum Gasteiger partial charge on any atom is -0.489 e. The molecule has 0 aliphatic heterocycles. The molecule has 4 nitrogen and oxygen atoms in total. The number of carbonyl (C=O) groups is 1. The average Bonchev–Trinajstić information content (AvgIpc) is 2.53. The Labute approximate surface area is 147 Å². The molecule has 1 atom stereocenters. The van der Waals surface area contributed by atoms with Crippen LogP contribution >= 0.6 is 12.4 Å². The van der Waals surface area contributed by atoms with Crippen LogP contribution in [0.2, 0.25) is 0 Å². The highest BCUT2D eigenvalue weighted by atomic mass is 35.5. The zero-order chi connectivity index (χ0) is 16.7. The predicted octanol–water partition coefficient (Wildman–Crippen LogP) is 3.62. The average molecular weight is 353 g/mol. The molecule has 2 rings (SSSR count). The van der Waals surface area contributed by atoms with E-state index in [0.29, 0.717) is 18.0 Å². The Balaban J connectivity index is 0.00000288. The number of anilines is 1. The summed E-state index contributed by atoms with van der Waals surface area (Å²) in [4.78, 5) is 12.0. The van der Waals surface area contributed by atoms with Crippen LogP contribution in [0.5, 0.6) is 5.75 Å². The second-order valence-electron chi connectivity index (χ2n) is 5.39. The first kappa shape index (κ1) is 19.9. The van der Waals surface area contributed by atoms with Crippen molar-refractivity contribution in [3.63, 3.8) is 0 Å². The lowest BCUT2D eigenvalue weighted by molar-refractivity contribution is -0.119. The van der Waals surface area contributed by atoms with Crippen LogP contribution in [0.4, 0.5) is 10.1 Å². The van der Waals surface area contributed by atoms with Gasteiger partial charge in [0.25, 0.3) is 0 Å². The first-order valence-corrected chi connectivity index (χ1v) is 7.51. The third-order valence-corrected chi connectivity index (χ3v) is 3.35. The second-order valence-corrected chi connectivity index (χ2v) is 5.39. The largest absolute Gasteiger partial charge is 0.489 e. The summed E-state index contributed by atoms with van der Waals surface area (Å²) >= 11 is 0. The summed E-state index contributed by atoms with van der Waals surface area (Å²) in [5.74, 6) is 0.150. The molecule has 0 heterocycles. The Morgan fingerprint density at radius 1 is 1.21 bits per heavy atom. The summed E-state index contributed by atoms with van der Waals surface area (Å²) in [6, 6.07) is 13.4. The van der Waals surface area contributed by atoms with Crippen LogP contribution in [-0.2, 0) is 11.4 Å². The second kappa shape index (κ2) is 9.90. The minimum absolute atomic E-state index is 0. The lowest BCUT2D eigenvalue weighted by Crippen LogP contribution is -2.28. The maximum absolute atomic E-state index is 13.1. The number of amides is 1. The molecule has 0 saturated heterocycles. The van der Waals surface area contributed by atoms with Crippen molar-refractivity contribution in [3.05, 3.63) is 59.9 Å². The van der Waals surface area contributed by atoms with Gasteiger partial charge in [0.05, 0.1) is 0 Å². The van der Waals surface area contributed by atoms with Gasteiger partial charge in [-0.1, -0.05) is 25.1 Å². The Morgan fingerprint density at radius 3 is 2.67 bits per heavy atom. The van der Waals surface area contributed by atoms with Gasteiger partial charge in [0.1, 0.15) is 18.2 Å². The van der Waals surface area contributed by atoms with E-state index >= 15 is 0 Å². The van der Waals surface area contributed by atoms with Crippen molar-refractivity contribution < 1.29 is 13.9 Å². The molecule has 0 aromatic heterocycles. The molecule has 0 fully saturated rings. The van der Waals surface area contributed by atoms with Crippen molar-refractivity contribution in [2.45, 2.75) is 13.5 Å². The van der Waals surface area contributed by atoms with Crippen LogP contribution in [0.15, 0.2) is 48.5 Å². The fraction of sp³-hybridized carbons (Fsp3) is 0.278. The number of halogens is 2. The molecular weight excluding hydrogens is 331 g/mol. The molecule has 130 valence electrons. The van der Waals surface area contributed by atoms with Crippen molar-refractivity contribution in [2.24, 2.45) is 5.92 Å². The Bertz CT molecular complexity index is 667. The van der Waals surface area contributed by atoms with Crippen LogP contribution in [0.3, 0.4) is 0 Å². The van der Waals surface area contributed by atoms with Crippen molar-refractivity contribution in [1.29, 1.82) is 0 Å². The molecule has 0 bridgehead atoms. The Morgan fingerprint density at radius 2 is 1.96 bits per heavy atom. The van der Waals surface area contributed by atoms with Crippen molar-refractivity contribution in [3.8, 4) is 5.75 Å². The third kappa shape index (κ3) is 6.18. The summed E-state index contributed by atoms with van der Waals surface area (Å²) in [6.45, 7) is 2.74. The van der Waals surface area contributed by atoms with Crippen molar-refractivity contribution in [1.82, 2.24) is 5.32 Å².